The zero-order valence-electron chi connectivity index (χ0n) is 7.50. The Morgan fingerprint density at radius 2 is 2.27 bits per heavy atom. The molecular weight excluding hydrogens is 227 g/mol. The van der Waals surface area contributed by atoms with Gasteiger partial charge < -0.3 is 9.05 Å². The summed E-state index contributed by atoms with van der Waals surface area (Å²) in [5.41, 5.74) is 0.817. The monoisotopic (exact) mass is 232 g/mol. The fourth-order valence-electron chi connectivity index (χ4n) is 1.63. The standard InChI is InChI=1S/C6H5N2O6P/c1-3-4-2-12-15(11)13-5(3)6(14-15)7(4)8(9)10/h2H2,1H3. The van der Waals surface area contributed by atoms with E-state index in [1.807, 2.05) is 0 Å². The predicted octanol–water partition coefficient (Wildman–Crippen LogP) is 1.25. The smallest absolute Gasteiger partial charge is 0.389 e. The van der Waals surface area contributed by atoms with Gasteiger partial charge in [-0.05, 0) is 11.6 Å². The first-order valence-corrected chi connectivity index (χ1v) is 5.50. The van der Waals surface area contributed by atoms with Crippen LogP contribution in [0.5, 0.6) is 11.6 Å². The van der Waals surface area contributed by atoms with E-state index in [1.165, 1.54) is 0 Å². The molecule has 0 N–H and O–H groups in total. The van der Waals surface area contributed by atoms with Crippen molar-refractivity contribution >= 4 is 7.82 Å². The summed E-state index contributed by atoms with van der Waals surface area (Å²) in [4.78, 5) is 10.8. The highest BCUT2D eigenvalue weighted by molar-refractivity contribution is 7.49. The Kier molecular flexibility index (Phi) is 1.37. The van der Waals surface area contributed by atoms with Crippen molar-refractivity contribution in [3.8, 4) is 11.6 Å². The zero-order valence-corrected chi connectivity index (χ0v) is 8.39. The van der Waals surface area contributed by atoms with Crippen LogP contribution in [0.1, 0.15) is 11.3 Å². The van der Waals surface area contributed by atoms with Gasteiger partial charge in [0, 0.05) is 5.56 Å². The molecule has 0 spiro atoms. The molecule has 8 nitrogen and oxygen atoms in total. The molecule has 1 aromatic rings. The van der Waals surface area contributed by atoms with Gasteiger partial charge in [0.05, 0.1) is 0 Å². The fraction of sp³-hybridized carbons (Fsp3) is 0.333. The Labute approximate surface area is 83.1 Å². The molecule has 0 radical (unpaired) electrons. The van der Waals surface area contributed by atoms with Gasteiger partial charge in [0.1, 0.15) is 12.3 Å². The van der Waals surface area contributed by atoms with E-state index in [2.05, 4.69) is 0 Å². The van der Waals surface area contributed by atoms with Gasteiger partial charge in [0.15, 0.2) is 5.03 Å². The van der Waals surface area contributed by atoms with Crippen LogP contribution >= 0.6 is 7.82 Å². The van der Waals surface area contributed by atoms with Crippen molar-refractivity contribution in [1.29, 1.82) is 0 Å². The van der Waals surface area contributed by atoms with Gasteiger partial charge in [-0.3, -0.25) is 4.52 Å². The molecule has 4 bridgehead atoms. The van der Waals surface area contributed by atoms with Crippen LogP contribution in [0.3, 0.4) is 0 Å². The number of phosphoric acid groups is 1. The number of hydrogen-bond acceptors (Lipinski definition) is 6. The van der Waals surface area contributed by atoms with Crippen LogP contribution in [-0.4, -0.2) is 9.71 Å². The lowest BCUT2D eigenvalue weighted by molar-refractivity contribution is -0.544. The highest BCUT2D eigenvalue weighted by Gasteiger charge is 2.50. The predicted molar refractivity (Wildman–Crippen MR) is 45.2 cm³/mol. The Morgan fingerprint density at radius 1 is 1.53 bits per heavy atom. The fourth-order valence-corrected chi connectivity index (χ4v) is 2.86. The van der Waals surface area contributed by atoms with Crippen LogP contribution in [0.2, 0.25) is 0 Å². The van der Waals surface area contributed by atoms with E-state index in [0.29, 0.717) is 15.9 Å². The average Bonchev–Trinajstić information content (AvgIpc) is 2.45. The van der Waals surface area contributed by atoms with E-state index >= 15 is 0 Å². The highest BCUT2D eigenvalue weighted by atomic mass is 31.2. The highest BCUT2D eigenvalue weighted by Crippen LogP contribution is 2.64. The molecule has 9 heteroatoms. The summed E-state index contributed by atoms with van der Waals surface area (Å²) >= 11 is 0. The largest absolute Gasteiger partial charge is 0.589 e. The molecule has 0 aromatic carbocycles. The van der Waals surface area contributed by atoms with Gasteiger partial charge in [0.2, 0.25) is 5.75 Å². The van der Waals surface area contributed by atoms with Crippen molar-refractivity contribution in [2.45, 2.75) is 13.5 Å². The molecule has 4 rings (SSSR count). The van der Waals surface area contributed by atoms with E-state index in [9.17, 15) is 14.7 Å². The normalized spacial score (nSPS) is 25.9. The molecule has 3 aliphatic heterocycles. The third-order valence-corrected chi connectivity index (χ3v) is 3.59. The van der Waals surface area contributed by atoms with Crippen molar-refractivity contribution < 1.29 is 23.2 Å². The van der Waals surface area contributed by atoms with Gasteiger partial charge in [-0.25, -0.2) is 14.7 Å². The summed E-state index contributed by atoms with van der Waals surface area (Å²) in [6, 6.07) is 0. The number of nitro groups is 1. The molecule has 0 amide bonds. The number of hydrogen-bond donors (Lipinski definition) is 0. The van der Waals surface area contributed by atoms with Crippen molar-refractivity contribution in [2.24, 2.45) is 0 Å². The van der Waals surface area contributed by atoms with Gasteiger partial charge in [-0.15, -0.1) is 0 Å². The van der Waals surface area contributed by atoms with Crippen molar-refractivity contribution in [3.63, 3.8) is 0 Å². The van der Waals surface area contributed by atoms with E-state index in [1.54, 1.807) is 6.92 Å². The van der Waals surface area contributed by atoms with Gasteiger partial charge in [-0.1, -0.05) is 0 Å². The minimum atomic E-state index is -3.65. The van der Waals surface area contributed by atoms with E-state index in [0.717, 1.165) is 0 Å². The Bertz CT molecular complexity index is 534. The number of phosphoric ester groups is 1. The van der Waals surface area contributed by atoms with E-state index < -0.39 is 12.9 Å². The summed E-state index contributed by atoms with van der Waals surface area (Å²) in [6.07, 6.45) is 0. The second-order valence-corrected chi connectivity index (χ2v) is 4.68. The Balaban J connectivity index is 2.36. The maximum Gasteiger partial charge on any atom is 0.589 e. The van der Waals surface area contributed by atoms with Crippen LogP contribution in [0.25, 0.3) is 0 Å². The molecule has 0 saturated heterocycles. The minimum Gasteiger partial charge on any atom is -0.389 e. The molecular formula is C6H5N2O6P. The lowest BCUT2D eigenvalue weighted by Gasteiger charge is -2.03. The molecule has 80 valence electrons. The third-order valence-electron chi connectivity index (χ3n) is 2.34. The first kappa shape index (κ1) is 8.75. The lowest BCUT2D eigenvalue weighted by atomic mass is 10.2. The number of fused-ring (bicyclic) bond motifs is 1. The zero-order chi connectivity index (χ0) is 10.8. The van der Waals surface area contributed by atoms with Gasteiger partial charge in [0.25, 0.3) is 0 Å². The summed E-state index contributed by atoms with van der Waals surface area (Å²) < 4.78 is 27.0. The Morgan fingerprint density at radius 3 is 2.93 bits per heavy atom. The van der Waals surface area contributed by atoms with Crippen molar-refractivity contribution in [3.05, 3.63) is 21.4 Å². The first-order chi connectivity index (χ1) is 7.02. The second kappa shape index (κ2) is 2.34. The van der Waals surface area contributed by atoms with Crippen LogP contribution in [-0.2, 0) is 15.7 Å². The number of rotatable bonds is 1. The van der Waals surface area contributed by atoms with Crippen LogP contribution in [0.4, 0.5) is 0 Å². The molecule has 1 unspecified atom stereocenters. The van der Waals surface area contributed by atoms with Crippen molar-refractivity contribution in [2.75, 3.05) is 0 Å². The number of nitrogens with zero attached hydrogens (tertiary/aromatic N) is 2. The average molecular weight is 232 g/mol. The summed E-state index contributed by atoms with van der Waals surface area (Å²) in [7, 11) is -3.65. The van der Waals surface area contributed by atoms with Crippen LogP contribution < -0.4 is 9.05 Å². The Hall–Kier alpha value is -1.53. The molecule has 3 aliphatic rings. The molecule has 4 heterocycles. The molecule has 15 heavy (non-hydrogen) atoms. The SMILES string of the molecule is Cc1c2c3n([N+](=O)[O-])c1COP(=O)(O2)O3. The number of aromatic nitrogens is 1. The van der Waals surface area contributed by atoms with Gasteiger partial charge in [-0.2, -0.15) is 0 Å². The molecule has 1 aromatic heterocycles. The quantitative estimate of drug-likeness (QED) is 0.411. The molecule has 1 atom stereocenters. The molecule has 0 saturated carbocycles. The topological polar surface area (TPSA) is 92.8 Å². The third kappa shape index (κ3) is 0.924. The minimum absolute atomic E-state index is 0.141. The maximum absolute atomic E-state index is 11.6. The summed E-state index contributed by atoms with van der Waals surface area (Å²) in [5.74, 6) is -0.00383. The van der Waals surface area contributed by atoms with E-state index in [-0.39, 0.29) is 18.2 Å². The molecule has 0 fully saturated rings. The maximum atomic E-state index is 11.6. The second-order valence-electron chi connectivity index (χ2n) is 3.16. The summed E-state index contributed by atoms with van der Waals surface area (Å²) in [6.45, 7) is 1.47. The van der Waals surface area contributed by atoms with Crippen molar-refractivity contribution in [1.82, 2.24) is 4.68 Å². The first-order valence-electron chi connectivity index (χ1n) is 4.04. The van der Waals surface area contributed by atoms with Crippen LogP contribution in [0.15, 0.2) is 0 Å². The molecule has 0 aliphatic carbocycles. The van der Waals surface area contributed by atoms with Crippen LogP contribution in [0, 0.1) is 17.0 Å². The van der Waals surface area contributed by atoms with E-state index in [4.69, 9.17) is 13.6 Å². The summed E-state index contributed by atoms with van der Waals surface area (Å²) in [5, 5.41) is 10.1. The lowest BCUT2D eigenvalue weighted by Crippen LogP contribution is -2.11. The van der Waals surface area contributed by atoms with Gasteiger partial charge >= 0.3 is 13.7 Å².